The lowest BCUT2D eigenvalue weighted by molar-refractivity contribution is 0.0706. The van der Waals surface area contributed by atoms with E-state index in [1.54, 1.807) is 11.5 Å². The molecule has 0 bridgehead atoms. The van der Waals surface area contributed by atoms with E-state index in [1.807, 2.05) is 12.1 Å². The second-order valence-electron chi connectivity index (χ2n) is 6.47. The molecule has 1 aromatic rings. The average Bonchev–Trinajstić information content (AvgIpc) is 2.34. The van der Waals surface area contributed by atoms with Crippen LogP contribution in [-0.2, 0) is 10.8 Å². The molecule has 18 heavy (non-hydrogen) atoms. The fourth-order valence-electron chi connectivity index (χ4n) is 2.79. The fourth-order valence-corrected chi connectivity index (χ4v) is 2.79. The minimum atomic E-state index is -0.447. The van der Waals surface area contributed by atoms with Gasteiger partial charge in [-0.3, -0.25) is 10.0 Å². The molecule has 0 saturated carbocycles. The highest BCUT2D eigenvalue weighted by molar-refractivity contribution is 5.93. The summed E-state index contributed by atoms with van der Waals surface area (Å²) in [5, 5.41) is 8.73. The van der Waals surface area contributed by atoms with Crippen LogP contribution in [0.2, 0.25) is 0 Å². The van der Waals surface area contributed by atoms with Gasteiger partial charge in [-0.1, -0.05) is 33.8 Å². The van der Waals surface area contributed by atoms with Gasteiger partial charge >= 0.3 is 0 Å². The summed E-state index contributed by atoms with van der Waals surface area (Å²) >= 11 is 0. The zero-order chi connectivity index (χ0) is 13.6. The van der Waals surface area contributed by atoms with E-state index in [1.165, 1.54) is 11.1 Å². The number of carbonyl (C=O) groups excluding carboxylic acids is 1. The maximum atomic E-state index is 11.5. The molecular formula is C15H21NO2. The van der Waals surface area contributed by atoms with Crippen LogP contribution in [0.5, 0.6) is 0 Å². The van der Waals surface area contributed by atoms with Gasteiger partial charge in [0.25, 0.3) is 5.91 Å². The van der Waals surface area contributed by atoms with Crippen LogP contribution in [0.25, 0.3) is 0 Å². The van der Waals surface area contributed by atoms with Crippen LogP contribution in [0.3, 0.4) is 0 Å². The lowest BCUT2D eigenvalue weighted by Gasteiger charge is -2.42. The first-order valence-electron chi connectivity index (χ1n) is 6.37. The Morgan fingerprint density at radius 3 is 2.22 bits per heavy atom. The predicted octanol–water partition coefficient (Wildman–Crippen LogP) is 3.15. The molecule has 98 valence electrons. The smallest absolute Gasteiger partial charge is 0.274 e. The summed E-state index contributed by atoms with van der Waals surface area (Å²) in [6, 6.07) is 5.73. The molecular weight excluding hydrogens is 226 g/mol. The van der Waals surface area contributed by atoms with Crippen molar-refractivity contribution in [1.82, 2.24) is 5.48 Å². The number of hydrogen-bond donors (Lipinski definition) is 2. The Kier molecular flexibility index (Phi) is 2.98. The standard InChI is InChI=1S/C15H21NO2/c1-14(2)7-8-15(3,4)12-9-10(13(17)16-18)5-6-11(12)14/h5-6,9,18H,7-8H2,1-4H3,(H,16,17). The molecule has 0 saturated heterocycles. The number of amides is 1. The predicted molar refractivity (Wildman–Crippen MR) is 71.0 cm³/mol. The number of rotatable bonds is 1. The Balaban J connectivity index is 2.58. The molecule has 1 aromatic carbocycles. The zero-order valence-corrected chi connectivity index (χ0v) is 11.5. The van der Waals surface area contributed by atoms with E-state index >= 15 is 0 Å². The van der Waals surface area contributed by atoms with Crippen LogP contribution in [0, 0.1) is 0 Å². The van der Waals surface area contributed by atoms with Crippen molar-refractivity contribution in [1.29, 1.82) is 0 Å². The molecule has 2 N–H and O–H groups in total. The van der Waals surface area contributed by atoms with E-state index in [0.717, 1.165) is 12.8 Å². The van der Waals surface area contributed by atoms with Gasteiger partial charge in [0.2, 0.25) is 0 Å². The van der Waals surface area contributed by atoms with Crippen LogP contribution in [-0.4, -0.2) is 11.1 Å². The highest BCUT2D eigenvalue weighted by Crippen LogP contribution is 2.45. The van der Waals surface area contributed by atoms with E-state index in [9.17, 15) is 4.79 Å². The van der Waals surface area contributed by atoms with Crippen LogP contribution in [0.4, 0.5) is 0 Å². The van der Waals surface area contributed by atoms with Gasteiger partial charge in [-0.2, -0.15) is 0 Å². The molecule has 0 spiro atoms. The molecule has 0 aromatic heterocycles. The quantitative estimate of drug-likeness (QED) is 0.591. The maximum absolute atomic E-state index is 11.5. The summed E-state index contributed by atoms with van der Waals surface area (Å²) in [7, 11) is 0. The average molecular weight is 247 g/mol. The first kappa shape index (κ1) is 13.1. The highest BCUT2D eigenvalue weighted by atomic mass is 16.5. The first-order valence-corrected chi connectivity index (χ1v) is 6.37. The van der Waals surface area contributed by atoms with E-state index in [0.29, 0.717) is 5.56 Å². The van der Waals surface area contributed by atoms with Gasteiger partial charge in [0.1, 0.15) is 0 Å². The monoisotopic (exact) mass is 247 g/mol. The van der Waals surface area contributed by atoms with Crippen molar-refractivity contribution in [3.63, 3.8) is 0 Å². The number of fused-ring (bicyclic) bond motifs is 1. The molecule has 1 amide bonds. The minimum Gasteiger partial charge on any atom is -0.288 e. The van der Waals surface area contributed by atoms with Gasteiger partial charge in [0.05, 0.1) is 0 Å². The molecule has 3 nitrogen and oxygen atoms in total. The van der Waals surface area contributed by atoms with Gasteiger partial charge in [0, 0.05) is 5.56 Å². The van der Waals surface area contributed by atoms with Crippen LogP contribution >= 0.6 is 0 Å². The van der Waals surface area contributed by atoms with Gasteiger partial charge in [-0.05, 0) is 46.9 Å². The van der Waals surface area contributed by atoms with Crippen molar-refractivity contribution in [2.75, 3.05) is 0 Å². The minimum absolute atomic E-state index is 0.0800. The van der Waals surface area contributed by atoms with E-state index in [-0.39, 0.29) is 10.8 Å². The lowest BCUT2D eigenvalue weighted by atomic mass is 9.63. The van der Waals surface area contributed by atoms with Crippen LogP contribution in [0.15, 0.2) is 18.2 Å². The molecule has 0 atom stereocenters. The Bertz CT molecular complexity index is 489. The van der Waals surface area contributed by atoms with Gasteiger partial charge in [-0.15, -0.1) is 0 Å². The van der Waals surface area contributed by atoms with Crippen molar-refractivity contribution < 1.29 is 10.0 Å². The summed E-state index contributed by atoms with van der Waals surface area (Å²) in [6.45, 7) is 8.91. The second kappa shape index (κ2) is 4.09. The summed E-state index contributed by atoms with van der Waals surface area (Å²) in [4.78, 5) is 11.5. The third kappa shape index (κ3) is 2.03. The molecule has 0 unspecified atom stereocenters. The molecule has 0 heterocycles. The van der Waals surface area contributed by atoms with Gasteiger partial charge in [0.15, 0.2) is 0 Å². The van der Waals surface area contributed by atoms with Crippen molar-refractivity contribution in [3.05, 3.63) is 34.9 Å². The number of hydroxylamine groups is 1. The highest BCUT2D eigenvalue weighted by Gasteiger charge is 2.37. The molecule has 1 aliphatic rings. The largest absolute Gasteiger partial charge is 0.288 e. The third-order valence-corrected chi connectivity index (χ3v) is 4.22. The Labute approximate surface area is 108 Å². The lowest BCUT2D eigenvalue weighted by Crippen LogP contribution is -2.34. The van der Waals surface area contributed by atoms with E-state index < -0.39 is 5.91 Å². The van der Waals surface area contributed by atoms with Crippen LogP contribution < -0.4 is 5.48 Å². The third-order valence-electron chi connectivity index (χ3n) is 4.22. The van der Waals surface area contributed by atoms with Crippen molar-refractivity contribution in [3.8, 4) is 0 Å². The molecule has 2 rings (SSSR count). The maximum Gasteiger partial charge on any atom is 0.274 e. The summed E-state index contributed by atoms with van der Waals surface area (Å²) in [5.74, 6) is -0.447. The fraction of sp³-hybridized carbons (Fsp3) is 0.533. The SMILES string of the molecule is CC1(C)CCC(C)(C)c2cc(C(=O)NO)ccc21. The van der Waals surface area contributed by atoms with Crippen molar-refractivity contribution in [2.24, 2.45) is 0 Å². The molecule has 0 fully saturated rings. The molecule has 1 aliphatic carbocycles. The Morgan fingerprint density at radius 1 is 1.11 bits per heavy atom. The molecule has 0 aliphatic heterocycles. The van der Waals surface area contributed by atoms with Crippen molar-refractivity contribution in [2.45, 2.75) is 51.4 Å². The second-order valence-corrected chi connectivity index (χ2v) is 6.47. The van der Waals surface area contributed by atoms with E-state index in [2.05, 4.69) is 27.7 Å². The van der Waals surface area contributed by atoms with E-state index in [4.69, 9.17) is 5.21 Å². The van der Waals surface area contributed by atoms with Gasteiger partial charge < -0.3 is 0 Å². The zero-order valence-electron chi connectivity index (χ0n) is 11.5. The summed E-state index contributed by atoms with van der Waals surface area (Å²) < 4.78 is 0. The summed E-state index contributed by atoms with van der Waals surface area (Å²) in [5.41, 5.74) is 4.98. The Morgan fingerprint density at radius 2 is 1.67 bits per heavy atom. The first-order chi connectivity index (χ1) is 8.28. The number of nitrogens with one attached hydrogen (secondary N) is 1. The topological polar surface area (TPSA) is 49.3 Å². The normalized spacial score (nSPS) is 20.1. The molecule has 0 radical (unpaired) electrons. The number of carbonyl (C=O) groups is 1. The molecule has 3 heteroatoms. The Hall–Kier alpha value is -1.35. The van der Waals surface area contributed by atoms with Crippen LogP contribution in [0.1, 0.15) is 62.0 Å². The number of benzene rings is 1. The summed E-state index contributed by atoms with van der Waals surface area (Å²) in [6.07, 6.45) is 2.26. The van der Waals surface area contributed by atoms with Crippen molar-refractivity contribution >= 4 is 5.91 Å². The van der Waals surface area contributed by atoms with Gasteiger partial charge in [-0.25, -0.2) is 5.48 Å². The number of hydrogen-bond acceptors (Lipinski definition) is 2.